The predicted molar refractivity (Wildman–Crippen MR) is 122 cm³/mol. The number of aromatic nitrogens is 2. The van der Waals surface area contributed by atoms with Gasteiger partial charge in [0.1, 0.15) is 11.6 Å². The Bertz CT molecular complexity index is 1200. The molecule has 6 nitrogen and oxygen atoms in total. The standard InChI is InChI=1S/C22H20Cl2F4N4O2/c1-34-18-9-17-16(30-21(31-17)32-19-14(23)6-11(25)7-15(19)24)8-13(18)20(33)29-12-4-2-10(3-5-12)22(26,27)28/h6-10,12H,2-5H2,1H3,(H,29,33)(H2,30,31,32)/t10-,12-. The molecule has 0 unspecified atom stereocenters. The van der Waals surface area contributed by atoms with Crippen LogP contribution in [-0.4, -0.2) is 35.2 Å². The van der Waals surface area contributed by atoms with Crippen LogP contribution in [0.4, 0.5) is 29.2 Å². The van der Waals surface area contributed by atoms with E-state index in [0.717, 1.165) is 12.1 Å². The number of carbonyl (C=O) groups excluding carboxylic acids is 1. The number of amides is 1. The van der Waals surface area contributed by atoms with E-state index in [-0.39, 0.29) is 64.7 Å². The number of carbonyl (C=O) groups is 1. The normalized spacial score (nSPS) is 18.7. The third-order valence-corrected chi connectivity index (χ3v) is 6.42. The Labute approximate surface area is 202 Å². The number of hydrogen-bond acceptors (Lipinski definition) is 4. The summed E-state index contributed by atoms with van der Waals surface area (Å²) in [6.07, 6.45) is -3.76. The van der Waals surface area contributed by atoms with Crippen molar-refractivity contribution in [2.75, 3.05) is 12.4 Å². The minimum absolute atomic E-state index is 0.0203. The quantitative estimate of drug-likeness (QED) is 0.332. The fourth-order valence-corrected chi connectivity index (χ4v) is 4.61. The molecule has 1 heterocycles. The predicted octanol–water partition coefficient (Wildman–Crippen LogP) is 6.61. The summed E-state index contributed by atoms with van der Waals surface area (Å²) < 4.78 is 57.5. The van der Waals surface area contributed by atoms with E-state index in [1.165, 1.54) is 13.2 Å². The number of fused-ring (bicyclic) bond motifs is 1. The zero-order valence-corrected chi connectivity index (χ0v) is 19.3. The van der Waals surface area contributed by atoms with Crippen LogP contribution in [0.1, 0.15) is 36.0 Å². The molecule has 0 bridgehead atoms. The maximum atomic E-state index is 13.4. The van der Waals surface area contributed by atoms with Gasteiger partial charge in [-0.15, -0.1) is 0 Å². The first kappa shape index (κ1) is 24.4. The highest BCUT2D eigenvalue weighted by Crippen LogP contribution is 2.38. The van der Waals surface area contributed by atoms with Crippen LogP contribution >= 0.6 is 23.2 Å². The fraction of sp³-hybridized carbons (Fsp3) is 0.364. The van der Waals surface area contributed by atoms with Crippen LogP contribution in [0.15, 0.2) is 24.3 Å². The fourth-order valence-electron chi connectivity index (χ4n) is 4.05. The van der Waals surface area contributed by atoms with Gasteiger partial charge in [0.25, 0.3) is 5.91 Å². The van der Waals surface area contributed by atoms with Crippen molar-refractivity contribution in [1.29, 1.82) is 0 Å². The van der Waals surface area contributed by atoms with Crippen molar-refractivity contribution in [3.63, 3.8) is 0 Å². The summed E-state index contributed by atoms with van der Waals surface area (Å²) in [5.74, 6) is -1.86. The molecule has 1 fully saturated rings. The maximum Gasteiger partial charge on any atom is 0.391 e. The molecule has 0 aliphatic heterocycles. The van der Waals surface area contributed by atoms with Crippen LogP contribution in [0.3, 0.4) is 0 Å². The van der Waals surface area contributed by atoms with E-state index in [9.17, 15) is 22.4 Å². The molecule has 3 N–H and O–H groups in total. The Balaban J connectivity index is 1.53. The number of hydrogen-bond donors (Lipinski definition) is 3. The monoisotopic (exact) mass is 518 g/mol. The third-order valence-electron chi connectivity index (χ3n) is 5.82. The number of methoxy groups -OCH3 is 1. The molecule has 0 saturated heterocycles. The number of anilines is 2. The van der Waals surface area contributed by atoms with Gasteiger partial charge >= 0.3 is 6.18 Å². The summed E-state index contributed by atoms with van der Waals surface area (Å²) in [4.78, 5) is 20.3. The van der Waals surface area contributed by atoms with E-state index in [2.05, 4.69) is 20.6 Å². The lowest BCUT2D eigenvalue weighted by atomic mass is 9.85. The van der Waals surface area contributed by atoms with Crippen molar-refractivity contribution in [2.45, 2.75) is 37.9 Å². The Morgan fingerprint density at radius 1 is 1.12 bits per heavy atom. The molecule has 1 saturated carbocycles. The molecule has 3 aromatic rings. The van der Waals surface area contributed by atoms with Gasteiger partial charge < -0.3 is 20.4 Å². The number of rotatable bonds is 5. The second-order valence-electron chi connectivity index (χ2n) is 8.09. The largest absolute Gasteiger partial charge is 0.496 e. The van der Waals surface area contributed by atoms with Crippen molar-refractivity contribution in [2.24, 2.45) is 5.92 Å². The molecule has 1 aliphatic rings. The van der Waals surface area contributed by atoms with E-state index in [1.54, 1.807) is 6.07 Å². The van der Waals surface area contributed by atoms with Crippen LogP contribution in [0.25, 0.3) is 11.0 Å². The Morgan fingerprint density at radius 2 is 1.76 bits per heavy atom. The highest BCUT2D eigenvalue weighted by Gasteiger charge is 2.41. The van der Waals surface area contributed by atoms with E-state index >= 15 is 0 Å². The van der Waals surface area contributed by atoms with Crippen molar-refractivity contribution in [3.05, 3.63) is 45.7 Å². The van der Waals surface area contributed by atoms with Gasteiger partial charge in [-0.3, -0.25) is 4.79 Å². The molecule has 2 aromatic carbocycles. The van der Waals surface area contributed by atoms with Crippen molar-refractivity contribution in [3.8, 4) is 5.75 Å². The molecule has 12 heteroatoms. The third kappa shape index (κ3) is 5.17. The van der Waals surface area contributed by atoms with Gasteiger partial charge in [-0.25, -0.2) is 9.37 Å². The van der Waals surface area contributed by atoms with E-state index in [1.807, 2.05) is 0 Å². The van der Waals surface area contributed by atoms with Crippen molar-refractivity contribution < 1.29 is 27.1 Å². The Morgan fingerprint density at radius 3 is 2.35 bits per heavy atom. The highest BCUT2D eigenvalue weighted by atomic mass is 35.5. The van der Waals surface area contributed by atoms with E-state index < -0.39 is 23.8 Å². The lowest BCUT2D eigenvalue weighted by Gasteiger charge is -2.30. The van der Waals surface area contributed by atoms with E-state index in [4.69, 9.17) is 27.9 Å². The highest BCUT2D eigenvalue weighted by molar-refractivity contribution is 6.39. The number of halogens is 6. The van der Waals surface area contributed by atoms with Gasteiger partial charge in [0, 0.05) is 12.1 Å². The molecule has 182 valence electrons. The Hall–Kier alpha value is -2.72. The van der Waals surface area contributed by atoms with E-state index in [0.29, 0.717) is 11.0 Å². The van der Waals surface area contributed by atoms with Crippen molar-refractivity contribution in [1.82, 2.24) is 15.3 Å². The number of benzene rings is 2. The molecule has 34 heavy (non-hydrogen) atoms. The molecular weight excluding hydrogens is 499 g/mol. The second-order valence-corrected chi connectivity index (χ2v) is 8.90. The topological polar surface area (TPSA) is 79.0 Å². The van der Waals surface area contributed by atoms with Crippen LogP contribution in [0, 0.1) is 11.7 Å². The van der Waals surface area contributed by atoms with Gasteiger partial charge in [-0.05, 0) is 43.9 Å². The van der Waals surface area contributed by atoms with Crippen LogP contribution in [0.5, 0.6) is 5.75 Å². The smallest absolute Gasteiger partial charge is 0.391 e. The SMILES string of the molecule is COc1cc2[nH]c(Nc3c(Cl)cc(F)cc3Cl)nc2cc1C(=O)N[C@H]1CC[C@H](C(F)(F)F)CC1. The lowest BCUT2D eigenvalue weighted by Crippen LogP contribution is -2.40. The Kier molecular flexibility index (Phi) is 6.82. The van der Waals surface area contributed by atoms with Gasteiger partial charge in [0.2, 0.25) is 5.95 Å². The molecule has 4 rings (SSSR count). The summed E-state index contributed by atoms with van der Waals surface area (Å²) in [7, 11) is 1.40. The van der Waals surface area contributed by atoms with Gasteiger partial charge in [0.15, 0.2) is 0 Å². The number of nitrogens with one attached hydrogen (secondary N) is 3. The summed E-state index contributed by atoms with van der Waals surface area (Å²) >= 11 is 12.1. The first-order chi connectivity index (χ1) is 16.0. The van der Waals surface area contributed by atoms with Crippen LogP contribution in [0.2, 0.25) is 10.0 Å². The zero-order valence-electron chi connectivity index (χ0n) is 17.8. The minimum atomic E-state index is -4.21. The molecule has 0 spiro atoms. The van der Waals surface area contributed by atoms with Crippen LogP contribution in [-0.2, 0) is 0 Å². The van der Waals surface area contributed by atoms with Crippen LogP contribution < -0.4 is 15.4 Å². The minimum Gasteiger partial charge on any atom is -0.496 e. The lowest BCUT2D eigenvalue weighted by molar-refractivity contribution is -0.182. The molecule has 1 aromatic heterocycles. The number of aromatic amines is 1. The number of imidazole rings is 1. The zero-order chi connectivity index (χ0) is 24.6. The first-order valence-corrected chi connectivity index (χ1v) is 11.2. The molecule has 1 aliphatic carbocycles. The summed E-state index contributed by atoms with van der Waals surface area (Å²) in [5.41, 5.74) is 1.41. The summed E-state index contributed by atoms with van der Waals surface area (Å²) in [6, 6.07) is 4.95. The summed E-state index contributed by atoms with van der Waals surface area (Å²) in [6.45, 7) is 0. The first-order valence-electron chi connectivity index (χ1n) is 10.4. The number of ether oxygens (including phenoxy) is 1. The average molecular weight is 519 g/mol. The number of alkyl halides is 3. The summed E-state index contributed by atoms with van der Waals surface area (Å²) in [5, 5.41) is 5.82. The molecule has 0 radical (unpaired) electrons. The van der Waals surface area contributed by atoms with Gasteiger partial charge in [0.05, 0.1) is 45.4 Å². The van der Waals surface area contributed by atoms with Crippen molar-refractivity contribution >= 4 is 51.8 Å². The average Bonchev–Trinajstić information content (AvgIpc) is 3.16. The molecular formula is C22H20Cl2F4N4O2. The number of nitrogens with zero attached hydrogens (tertiary/aromatic N) is 1. The molecule has 1 amide bonds. The maximum absolute atomic E-state index is 13.4. The number of H-pyrrole nitrogens is 1. The molecule has 0 atom stereocenters. The van der Waals surface area contributed by atoms with Gasteiger partial charge in [-0.2, -0.15) is 13.2 Å². The van der Waals surface area contributed by atoms with Gasteiger partial charge in [-0.1, -0.05) is 23.2 Å². The second kappa shape index (κ2) is 9.50.